The van der Waals surface area contributed by atoms with E-state index in [4.69, 9.17) is 13.0 Å². The molecule has 26 heavy (non-hydrogen) atoms. The van der Waals surface area contributed by atoms with Crippen LogP contribution in [0, 0.1) is 0 Å². The summed E-state index contributed by atoms with van der Waals surface area (Å²) in [4.78, 5) is 0.626. The van der Waals surface area contributed by atoms with Crippen LogP contribution < -0.4 is 0 Å². The molecular formula is C15H14F6O3S2. The summed E-state index contributed by atoms with van der Waals surface area (Å²) < 4.78 is 99.3. The third-order valence-corrected chi connectivity index (χ3v) is 6.71. The van der Waals surface area contributed by atoms with E-state index in [9.17, 15) is 26.3 Å². The molecule has 0 amide bonds. The van der Waals surface area contributed by atoms with E-state index in [0.717, 1.165) is 31.1 Å². The Morgan fingerprint density at radius 2 is 1.50 bits per heavy atom. The van der Waals surface area contributed by atoms with Crippen molar-refractivity contribution < 1.29 is 39.3 Å². The molecule has 2 aromatic rings. The maximum atomic E-state index is 13.3. The van der Waals surface area contributed by atoms with Crippen LogP contribution in [-0.2, 0) is 15.6 Å². The molecule has 1 aromatic carbocycles. The Hall–Kier alpha value is -1.33. The van der Waals surface area contributed by atoms with Crippen LogP contribution in [-0.4, -0.2) is 18.5 Å². The standard InChI is InChI=1S/C14H14F3S.CHF3O3S/c15-14(16,17)18-12-8-4-3-7-11(12)9-13(18)10-5-1-2-6-10;2-1(3,4)8(5,6)7/h3-4,7-10H,1-2,5-6H2;(H,5,6,7)/q+1;/p-1. The maximum absolute atomic E-state index is 13.3. The maximum Gasteiger partial charge on any atom is 0.600 e. The number of hydrogen-bond acceptors (Lipinski definition) is 3. The van der Waals surface area contributed by atoms with Crippen molar-refractivity contribution in [3.63, 3.8) is 0 Å². The van der Waals surface area contributed by atoms with Crippen LogP contribution in [0.4, 0.5) is 26.3 Å². The van der Waals surface area contributed by atoms with E-state index in [2.05, 4.69) is 0 Å². The van der Waals surface area contributed by atoms with Crippen LogP contribution in [0.5, 0.6) is 0 Å². The van der Waals surface area contributed by atoms with Crippen molar-refractivity contribution in [2.24, 2.45) is 0 Å². The molecule has 1 saturated carbocycles. The van der Waals surface area contributed by atoms with Gasteiger partial charge in [0.1, 0.15) is 0 Å². The molecule has 146 valence electrons. The van der Waals surface area contributed by atoms with E-state index in [1.807, 2.05) is 6.07 Å². The molecule has 1 aliphatic carbocycles. The predicted molar refractivity (Wildman–Crippen MR) is 84.7 cm³/mol. The third kappa shape index (κ3) is 4.68. The van der Waals surface area contributed by atoms with Crippen LogP contribution in [0.1, 0.15) is 36.5 Å². The highest BCUT2D eigenvalue weighted by atomic mass is 32.2. The number of thiophene rings is 1. The average Bonchev–Trinajstić information content (AvgIpc) is 3.12. The lowest BCUT2D eigenvalue weighted by molar-refractivity contribution is -0.0868. The Kier molecular flexibility index (Phi) is 5.93. The van der Waals surface area contributed by atoms with Gasteiger partial charge in [-0.15, -0.1) is 13.2 Å². The van der Waals surface area contributed by atoms with Gasteiger partial charge in [0.2, 0.25) is 0 Å². The monoisotopic (exact) mass is 420 g/mol. The fraction of sp³-hybridized carbons (Fsp3) is 0.467. The Labute approximate surface area is 148 Å². The summed E-state index contributed by atoms with van der Waals surface area (Å²) in [6, 6.07) is 8.73. The van der Waals surface area contributed by atoms with E-state index < -0.39 is 31.6 Å². The molecule has 1 fully saturated rings. The van der Waals surface area contributed by atoms with Gasteiger partial charge in [0.05, 0.1) is 10.5 Å². The Balaban J connectivity index is 0.000000260. The molecule has 1 heterocycles. The van der Waals surface area contributed by atoms with Crippen molar-refractivity contribution in [1.82, 2.24) is 0 Å². The summed E-state index contributed by atoms with van der Waals surface area (Å²) in [6.45, 7) is 0. The SMILES string of the molecule is FC(F)(F)[s+]1c(C2CCCC2)cc2ccccc21.O=S(=O)([O-])C(F)(F)F. The van der Waals surface area contributed by atoms with Gasteiger partial charge in [0, 0.05) is 17.4 Å². The van der Waals surface area contributed by atoms with Crippen LogP contribution >= 0.6 is 10.5 Å². The van der Waals surface area contributed by atoms with Crippen LogP contribution in [0.2, 0.25) is 0 Å². The van der Waals surface area contributed by atoms with Gasteiger partial charge in [-0.25, -0.2) is 8.42 Å². The quantitative estimate of drug-likeness (QED) is 0.255. The second kappa shape index (κ2) is 7.35. The molecule has 3 nitrogen and oxygen atoms in total. The summed E-state index contributed by atoms with van der Waals surface area (Å²) in [6.07, 6.45) is 3.96. The summed E-state index contributed by atoms with van der Waals surface area (Å²) in [5.74, 6) is 0.141. The zero-order chi connectivity index (χ0) is 19.8. The van der Waals surface area contributed by atoms with Crippen molar-refractivity contribution in [2.45, 2.75) is 42.6 Å². The van der Waals surface area contributed by atoms with E-state index >= 15 is 0 Å². The smallest absolute Gasteiger partial charge is 0.600 e. The molecule has 0 N–H and O–H groups in total. The minimum Gasteiger partial charge on any atom is -0.741 e. The molecule has 1 unspecified atom stereocenters. The highest BCUT2D eigenvalue weighted by molar-refractivity contribution is 7.86. The molecule has 0 bridgehead atoms. The first-order chi connectivity index (χ1) is 11.8. The van der Waals surface area contributed by atoms with Gasteiger partial charge in [-0.2, -0.15) is 13.2 Å². The number of rotatable bonds is 1. The summed E-state index contributed by atoms with van der Waals surface area (Å²) in [7, 11) is -7.78. The fourth-order valence-corrected chi connectivity index (χ4v) is 5.04. The highest BCUT2D eigenvalue weighted by Gasteiger charge is 2.49. The zero-order valence-electron chi connectivity index (χ0n) is 13.1. The first-order valence-electron chi connectivity index (χ1n) is 7.46. The average molecular weight is 420 g/mol. The lowest BCUT2D eigenvalue weighted by atomic mass is 10.1. The van der Waals surface area contributed by atoms with Crippen molar-refractivity contribution in [3.8, 4) is 0 Å². The van der Waals surface area contributed by atoms with Crippen LogP contribution in [0.15, 0.2) is 30.3 Å². The van der Waals surface area contributed by atoms with Crippen molar-refractivity contribution in [3.05, 3.63) is 35.2 Å². The summed E-state index contributed by atoms with van der Waals surface area (Å²) in [5.41, 5.74) is -9.78. The topological polar surface area (TPSA) is 57.2 Å². The van der Waals surface area contributed by atoms with Crippen molar-refractivity contribution >= 4 is 30.7 Å². The van der Waals surface area contributed by atoms with E-state index in [0.29, 0.717) is 9.58 Å². The van der Waals surface area contributed by atoms with Gasteiger partial charge < -0.3 is 4.55 Å². The van der Waals surface area contributed by atoms with Gasteiger partial charge in [0.25, 0.3) is 0 Å². The minimum atomic E-state index is -6.09. The molecule has 1 atom stereocenters. The Morgan fingerprint density at radius 1 is 1.00 bits per heavy atom. The van der Waals surface area contributed by atoms with Gasteiger partial charge in [-0.05, 0) is 25.0 Å². The molecule has 0 aliphatic heterocycles. The molecule has 0 spiro atoms. The predicted octanol–water partition coefficient (Wildman–Crippen LogP) is 5.77. The molecular weight excluding hydrogens is 406 g/mol. The lowest BCUT2D eigenvalue weighted by Crippen LogP contribution is -2.21. The van der Waals surface area contributed by atoms with Crippen LogP contribution in [0.25, 0.3) is 10.1 Å². The van der Waals surface area contributed by atoms with Crippen molar-refractivity contribution in [2.75, 3.05) is 0 Å². The first kappa shape index (κ1) is 21.0. The first-order valence-corrected chi connectivity index (χ1v) is 10.1. The minimum absolute atomic E-state index is 0.141. The van der Waals surface area contributed by atoms with E-state index in [-0.39, 0.29) is 5.92 Å². The molecule has 11 heteroatoms. The number of halogens is 6. The molecule has 0 saturated heterocycles. The molecule has 3 rings (SSSR count). The van der Waals surface area contributed by atoms with Gasteiger partial charge in [-0.3, -0.25) is 0 Å². The van der Waals surface area contributed by atoms with Crippen molar-refractivity contribution in [1.29, 1.82) is 0 Å². The van der Waals surface area contributed by atoms with E-state index in [1.165, 1.54) is 0 Å². The van der Waals surface area contributed by atoms with Crippen LogP contribution in [0.3, 0.4) is 0 Å². The molecule has 1 aromatic heterocycles. The normalized spacial score (nSPS) is 17.3. The largest absolute Gasteiger partial charge is 0.741 e. The van der Waals surface area contributed by atoms with E-state index in [1.54, 1.807) is 24.3 Å². The molecule has 0 radical (unpaired) electrons. The second-order valence-corrected chi connectivity index (χ2v) is 9.08. The number of hydrogen-bond donors (Lipinski definition) is 0. The van der Waals surface area contributed by atoms with Gasteiger partial charge in [-0.1, -0.05) is 25.0 Å². The van der Waals surface area contributed by atoms with Gasteiger partial charge in [0.15, 0.2) is 19.7 Å². The second-order valence-electron chi connectivity index (χ2n) is 5.72. The number of benzene rings is 1. The zero-order valence-corrected chi connectivity index (χ0v) is 14.7. The third-order valence-electron chi connectivity index (χ3n) is 3.94. The summed E-state index contributed by atoms with van der Waals surface area (Å²) in [5, 5.41) is 0.764. The Bertz CT molecular complexity index is 862. The summed E-state index contributed by atoms with van der Waals surface area (Å²) >= 11 is 0. The fourth-order valence-electron chi connectivity index (χ4n) is 2.88. The number of alkyl halides is 6. The number of fused-ring (bicyclic) bond motifs is 1. The Morgan fingerprint density at radius 3 is 1.96 bits per heavy atom. The lowest BCUT2D eigenvalue weighted by Gasteiger charge is -2.08. The highest BCUT2D eigenvalue weighted by Crippen LogP contribution is 2.55. The molecule has 1 aliphatic rings. The van der Waals surface area contributed by atoms with Gasteiger partial charge >= 0.3 is 11.0 Å².